The molecule has 0 spiro atoms. The molecule has 1 fully saturated rings. The Morgan fingerprint density at radius 3 is 2.75 bits per heavy atom. The molecular weight excluding hydrogens is 272 g/mol. The highest BCUT2D eigenvalue weighted by Gasteiger charge is 2.39. The van der Waals surface area contributed by atoms with Gasteiger partial charge in [0.2, 0.25) is 5.91 Å². The third kappa shape index (κ3) is 2.19. The van der Waals surface area contributed by atoms with Crippen molar-refractivity contribution < 1.29 is 4.79 Å². The maximum atomic E-state index is 11.7. The lowest BCUT2D eigenvalue weighted by molar-refractivity contribution is -0.117. The smallest absolute Gasteiger partial charge is 0.264 e. The van der Waals surface area contributed by atoms with Crippen molar-refractivity contribution in [3.8, 4) is 0 Å². The number of anilines is 1. The molecule has 0 aromatic carbocycles. The van der Waals surface area contributed by atoms with Gasteiger partial charge >= 0.3 is 0 Å². The second-order valence-electron chi connectivity index (χ2n) is 4.30. The number of nitrogens with one attached hydrogen (secondary N) is 1. The lowest BCUT2D eigenvalue weighted by Gasteiger charge is -2.07. The highest BCUT2D eigenvalue weighted by atomic mass is 79.9. The molecule has 16 heavy (non-hydrogen) atoms. The van der Waals surface area contributed by atoms with Crippen molar-refractivity contribution in [2.75, 3.05) is 5.32 Å². The average molecular weight is 285 g/mol. The molecule has 86 valence electrons. The summed E-state index contributed by atoms with van der Waals surface area (Å²) in [7, 11) is 1.66. The number of aryl methyl sites for hydroxylation is 1. The molecule has 0 saturated heterocycles. The van der Waals surface area contributed by atoms with Gasteiger partial charge < -0.3 is 9.88 Å². The number of carbonyl (C=O) groups is 1. The molecule has 2 rings (SSSR count). The van der Waals surface area contributed by atoms with E-state index in [4.69, 9.17) is 0 Å². The summed E-state index contributed by atoms with van der Waals surface area (Å²) in [5.74, 6) is 0.657. The zero-order chi connectivity index (χ0) is 11.9. The lowest BCUT2D eigenvalue weighted by atomic mass is 10.3. The highest BCUT2D eigenvalue weighted by Crippen LogP contribution is 2.38. The molecule has 1 amide bonds. The fourth-order valence-electron chi connectivity index (χ4n) is 1.66. The highest BCUT2D eigenvalue weighted by molar-refractivity contribution is 9.10. The van der Waals surface area contributed by atoms with Crippen LogP contribution in [0.5, 0.6) is 0 Å². The second kappa shape index (κ2) is 4.05. The van der Waals surface area contributed by atoms with E-state index in [0.717, 1.165) is 6.42 Å². The predicted octanol–water partition coefficient (Wildman–Crippen LogP) is 1.74. The quantitative estimate of drug-likeness (QED) is 0.900. The van der Waals surface area contributed by atoms with Crippen molar-refractivity contribution in [3.05, 3.63) is 27.1 Å². The Morgan fingerprint density at radius 2 is 2.25 bits per heavy atom. The first-order valence-electron chi connectivity index (χ1n) is 5.16. The normalized spacial score (nSPS) is 22.9. The van der Waals surface area contributed by atoms with Gasteiger partial charge in [-0.05, 0) is 34.3 Å². The number of halogens is 1. The summed E-state index contributed by atoms with van der Waals surface area (Å²) in [6.07, 6.45) is 2.58. The molecule has 0 aliphatic heterocycles. The largest absolute Gasteiger partial charge is 0.325 e. The monoisotopic (exact) mass is 284 g/mol. The van der Waals surface area contributed by atoms with Gasteiger partial charge in [-0.25, -0.2) is 0 Å². The minimum absolute atomic E-state index is 0.0399. The lowest BCUT2D eigenvalue weighted by Crippen LogP contribution is -2.20. The van der Waals surface area contributed by atoms with Crippen LogP contribution in [0.15, 0.2) is 21.5 Å². The number of amides is 1. The molecular formula is C11H13BrN2O2. The summed E-state index contributed by atoms with van der Waals surface area (Å²) in [5, 5.41) is 2.81. The van der Waals surface area contributed by atoms with Crippen LogP contribution in [0.1, 0.15) is 13.3 Å². The number of aromatic nitrogens is 1. The van der Waals surface area contributed by atoms with Crippen LogP contribution in [0.25, 0.3) is 0 Å². The maximum absolute atomic E-state index is 11.7. The summed E-state index contributed by atoms with van der Waals surface area (Å²) in [4.78, 5) is 23.1. The van der Waals surface area contributed by atoms with Crippen molar-refractivity contribution >= 4 is 27.5 Å². The fraction of sp³-hybridized carbons (Fsp3) is 0.455. The molecule has 0 radical (unpaired) electrons. The van der Waals surface area contributed by atoms with E-state index in [1.165, 1.54) is 4.57 Å². The van der Waals surface area contributed by atoms with Crippen molar-refractivity contribution in [1.29, 1.82) is 0 Å². The Morgan fingerprint density at radius 1 is 1.62 bits per heavy atom. The maximum Gasteiger partial charge on any atom is 0.264 e. The van der Waals surface area contributed by atoms with Crippen molar-refractivity contribution in [2.45, 2.75) is 13.3 Å². The topological polar surface area (TPSA) is 51.1 Å². The SMILES string of the molecule is CC1CC1C(=O)Nc1cc(Br)c(=O)n(C)c1. The van der Waals surface area contributed by atoms with Gasteiger partial charge in [-0.15, -0.1) is 0 Å². The summed E-state index contributed by atoms with van der Waals surface area (Å²) in [5.41, 5.74) is 0.538. The van der Waals surface area contributed by atoms with Crippen LogP contribution < -0.4 is 10.9 Å². The first-order valence-corrected chi connectivity index (χ1v) is 5.95. The Hall–Kier alpha value is -1.10. The first kappa shape index (κ1) is 11.4. The third-order valence-corrected chi connectivity index (χ3v) is 3.42. The summed E-state index contributed by atoms with van der Waals surface area (Å²) in [6, 6.07) is 1.63. The predicted molar refractivity (Wildman–Crippen MR) is 65.3 cm³/mol. The van der Waals surface area contributed by atoms with E-state index in [-0.39, 0.29) is 17.4 Å². The number of hydrogen-bond donors (Lipinski definition) is 1. The Balaban J connectivity index is 2.16. The molecule has 1 heterocycles. The molecule has 1 aromatic rings. The zero-order valence-electron chi connectivity index (χ0n) is 9.16. The molecule has 1 aliphatic carbocycles. The molecule has 1 aromatic heterocycles. The standard InChI is InChI=1S/C11H13BrN2O2/c1-6-3-8(6)10(15)13-7-4-9(12)11(16)14(2)5-7/h4-6,8H,3H2,1-2H3,(H,13,15). The van der Waals surface area contributed by atoms with Crippen molar-refractivity contribution in [3.63, 3.8) is 0 Å². The Labute approximate surface area is 102 Å². The molecule has 5 heteroatoms. The number of pyridine rings is 1. The van der Waals surface area contributed by atoms with E-state index >= 15 is 0 Å². The molecule has 1 saturated carbocycles. The van der Waals surface area contributed by atoms with Crippen LogP contribution in [0.2, 0.25) is 0 Å². The average Bonchev–Trinajstić information content (AvgIpc) is 2.92. The van der Waals surface area contributed by atoms with Gasteiger partial charge in [-0.3, -0.25) is 9.59 Å². The first-order chi connectivity index (χ1) is 7.49. The van der Waals surface area contributed by atoms with E-state index in [9.17, 15) is 9.59 Å². The van der Waals surface area contributed by atoms with Crippen LogP contribution in [-0.2, 0) is 11.8 Å². The van der Waals surface area contributed by atoms with Gasteiger partial charge in [-0.2, -0.15) is 0 Å². The van der Waals surface area contributed by atoms with Gasteiger partial charge in [0.25, 0.3) is 5.56 Å². The molecule has 2 atom stereocenters. The number of hydrogen-bond acceptors (Lipinski definition) is 2. The van der Waals surface area contributed by atoms with Gasteiger partial charge in [-0.1, -0.05) is 6.92 Å². The van der Waals surface area contributed by atoms with Crippen LogP contribution in [-0.4, -0.2) is 10.5 Å². The Kier molecular flexibility index (Phi) is 2.88. The fourth-order valence-corrected chi connectivity index (χ4v) is 2.19. The summed E-state index contributed by atoms with van der Waals surface area (Å²) >= 11 is 3.17. The van der Waals surface area contributed by atoms with Gasteiger partial charge in [0.05, 0.1) is 10.2 Å². The molecule has 1 aliphatic rings. The van der Waals surface area contributed by atoms with Crippen LogP contribution in [0.4, 0.5) is 5.69 Å². The van der Waals surface area contributed by atoms with Gasteiger partial charge in [0.1, 0.15) is 0 Å². The van der Waals surface area contributed by atoms with Crippen LogP contribution >= 0.6 is 15.9 Å². The van der Waals surface area contributed by atoms with Gasteiger partial charge in [0, 0.05) is 19.2 Å². The van der Waals surface area contributed by atoms with Crippen LogP contribution in [0.3, 0.4) is 0 Å². The summed E-state index contributed by atoms with van der Waals surface area (Å²) < 4.78 is 1.90. The number of carbonyl (C=O) groups excluding carboxylic acids is 1. The van der Waals surface area contributed by atoms with E-state index in [0.29, 0.717) is 16.1 Å². The molecule has 1 N–H and O–H groups in total. The molecule has 2 unspecified atom stereocenters. The van der Waals surface area contributed by atoms with E-state index in [1.807, 2.05) is 0 Å². The van der Waals surface area contributed by atoms with Gasteiger partial charge in [0.15, 0.2) is 0 Å². The van der Waals surface area contributed by atoms with Crippen LogP contribution in [0, 0.1) is 11.8 Å². The number of nitrogens with zero attached hydrogens (tertiary/aromatic N) is 1. The third-order valence-electron chi connectivity index (χ3n) is 2.85. The summed E-state index contributed by atoms with van der Waals surface area (Å²) in [6.45, 7) is 2.06. The Bertz CT molecular complexity index is 469. The van der Waals surface area contributed by atoms with E-state index in [2.05, 4.69) is 28.2 Å². The van der Waals surface area contributed by atoms with E-state index < -0.39 is 0 Å². The second-order valence-corrected chi connectivity index (χ2v) is 5.16. The zero-order valence-corrected chi connectivity index (χ0v) is 10.7. The number of rotatable bonds is 2. The van der Waals surface area contributed by atoms with Crippen molar-refractivity contribution in [2.24, 2.45) is 18.9 Å². The minimum atomic E-state index is -0.113. The molecule has 0 bridgehead atoms. The van der Waals surface area contributed by atoms with Crippen molar-refractivity contribution in [1.82, 2.24) is 4.57 Å². The minimum Gasteiger partial charge on any atom is -0.325 e. The molecule has 4 nitrogen and oxygen atoms in total. The van der Waals surface area contributed by atoms with E-state index in [1.54, 1.807) is 19.3 Å².